The molecule has 0 saturated heterocycles. The number of aliphatic carboxylic acids is 1. The summed E-state index contributed by atoms with van der Waals surface area (Å²) in [6.07, 6.45) is 7.75. The highest BCUT2D eigenvalue weighted by Crippen LogP contribution is 2.32. The zero-order valence-corrected chi connectivity index (χ0v) is 12.8. The summed E-state index contributed by atoms with van der Waals surface area (Å²) in [7, 11) is 0. The zero-order valence-electron chi connectivity index (χ0n) is 12.8. The first-order valence-electron chi connectivity index (χ1n) is 8.30. The Morgan fingerprint density at radius 2 is 1.64 bits per heavy atom. The third-order valence-corrected chi connectivity index (χ3v) is 5.04. The van der Waals surface area contributed by atoms with Crippen molar-refractivity contribution in [2.75, 3.05) is 5.32 Å². The van der Waals surface area contributed by atoms with Gasteiger partial charge in [0.05, 0.1) is 11.8 Å². The van der Waals surface area contributed by atoms with Crippen LogP contribution in [-0.4, -0.2) is 17.0 Å². The van der Waals surface area contributed by atoms with Crippen molar-refractivity contribution in [1.82, 2.24) is 0 Å². The molecule has 118 valence electrons. The van der Waals surface area contributed by atoms with Gasteiger partial charge in [0, 0.05) is 5.69 Å². The number of hydrogen-bond donors (Lipinski definition) is 2. The molecule has 2 aliphatic rings. The predicted octanol–water partition coefficient (Wildman–Crippen LogP) is 3.39. The maximum absolute atomic E-state index is 12.5. The van der Waals surface area contributed by atoms with Gasteiger partial charge in [-0.25, -0.2) is 0 Å². The summed E-state index contributed by atoms with van der Waals surface area (Å²) < 4.78 is 0. The van der Waals surface area contributed by atoms with Gasteiger partial charge in [0.25, 0.3) is 0 Å². The lowest BCUT2D eigenvalue weighted by molar-refractivity contribution is -0.147. The van der Waals surface area contributed by atoms with E-state index in [2.05, 4.69) is 17.4 Å². The van der Waals surface area contributed by atoms with Gasteiger partial charge in [-0.3, -0.25) is 9.59 Å². The molecule has 0 aliphatic heterocycles. The molecule has 1 saturated carbocycles. The lowest BCUT2D eigenvalue weighted by Gasteiger charge is -2.27. The Labute approximate surface area is 130 Å². The fourth-order valence-corrected chi connectivity index (χ4v) is 3.79. The van der Waals surface area contributed by atoms with Gasteiger partial charge >= 0.3 is 5.97 Å². The smallest absolute Gasteiger partial charge is 0.307 e. The minimum atomic E-state index is -0.842. The molecule has 1 aromatic rings. The number of fused-ring (bicyclic) bond motifs is 1. The molecular weight excluding hydrogens is 278 g/mol. The van der Waals surface area contributed by atoms with Crippen LogP contribution in [0.15, 0.2) is 18.2 Å². The number of benzene rings is 1. The molecule has 2 unspecified atom stereocenters. The number of carboxylic acids is 1. The van der Waals surface area contributed by atoms with Gasteiger partial charge in [0.2, 0.25) is 5.91 Å². The second-order valence-corrected chi connectivity index (χ2v) is 6.52. The van der Waals surface area contributed by atoms with E-state index in [1.54, 1.807) is 0 Å². The molecule has 0 bridgehead atoms. The van der Waals surface area contributed by atoms with Gasteiger partial charge in [-0.05, 0) is 61.8 Å². The number of carbonyl (C=O) groups is 2. The molecule has 2 N–H and O–H groups in total. The van der Waals surface area contributed by atoms with Crippen LogP contribution in [0.1, 0.15) is 49.7 Å². The first kappa shape index (κ1) is 15.1. The number of nitrogens with one attached hydrogen (secondary N) is 1. The molecule has 4 nitrogen and oxygen atoms in total. The van der Waals surface area contributed by atoms with Crippen LogP contribution in [0.5, 0.6) is 0 Å². The molecule has 0 heterocycles. The van der Waals surface area contributed by atoms with Crippen LogP contribution in [0, 0.1) is 11.8 Å². The minimum Gasteiger partial charge on any atom is -0.481 e. The molecule has 0 aromatic heterocycles. The average Bonchev–Trinajstić information content (AvgIpc) is 2.54. The number of carbonyl (C=O) groups excluding carboxylic acids is 1. The Morgan fingerprint density at radius 1 is 0.955 bits per heavy atom. The monoisotopic (exact) mass is 301 g/mol. The Hall–Kier alpha value is -1.84. The van der Waals surface area contributed by atoms with Crippen molar-refractivity contribution >= 4 is 17.6 Å². The summed E-state index contributed by atoms with van der Waals surface area (Å²) in [6, 6.07) is 6.10. The first-order valence-corrected chi connectivity index (χ1v) is 8.30. The van der Waals surface area contributed by atoms with Crippen LogP contribution in [0.2, 0.25) is 0 Å². The van der Waals surface area contributed by atoms with E-state index < -0.39 is 17.8 Å². The molecule has 2 aliphatic carbocycles. The average molecular weight is 301 g/mol. The molecule has 0 radical (unpaired) electrons. The fourth-order valence-electron chi connectivity index (χ4n) is 3.79. The van der Waals surface area contributed by atoms with E-state index in [1.807, 2.05) is 6.07 Å². The molecule has 1 amide bonds. The Balaban J connectivity index is 1.71. The van der Waals surface area contributed by atoms with Crippen molar-refractivity contribution in [3.8, 4) is 0 Å². The third kappa shape index (κ3) is 3.16. The van der Waals surface area contributed by atoms with Crippen LogP contribution in [0.25, 0.3) is 0 Å². The quantitative estimate of drug-likeness (QED) is 0.899. The highest BCUT2D eigenvalue weighted by atomic mass is 16.4. The molecule has 2 atom stereocenters. The molecule has 1 fully saturated rings. The molecular formula is C18H23NO3. The second-order valence-electron chi connectivity index (χ2n) is 6.52. The van der Waals surface area contributed by atoms with E-state index >= 15 is 0 Å². The third-order valence-electron chi connectivity index (χ3n) is 5.04. The molecule has 4 heteroatoms. The van der Waals surface area contributed by atoms with Crippen molar-refractivity contribution in [3.05, 3.63) is 29.3 Å². The normalized spacial score (nSPS) is 24.4. The molecule has 22 heavy (non-hydrogen) atoms. The Bertz CT molecular complexity index is 582. The van der Waals surface area contributed by atoms with Gasteiger partial charge in [-0.15, -0.1) is 0 Å². The Morgan fingerprint density at radius 3 is 2.36 bits per heavy atom. The largest absolute Gasteiger partial charge is 0.481 e. The first-order chi connectivity index (χ1) is 10.6. The second kappa shape index (κ2) is 6.51. The summed E-state index contributed by atoms with van der Waals surface area (Å²) in [4.78, 5) is 23.8. The number of rotatable bonds is 3. The molecule has 3 rings (SSSR count). The van der Waals surface area contributed by atoms with Gasteiger partial charge in [-0.2, -0.15) is 0 Å². The van der Waals surface area contributed by atoms with Crippen molar-refractivity contribution in [2.45, 2.75) is 51.4 Å². The van der Waals surface area contributed by atoms with Crippen LogP contribution in [0.4, 0.5) is 5.69 Å². The van der Waals surface area contributed by atoms with Gasteiger partial charge < -0.3 is 10.4 Å². The number of aryl methyl sites for hydroxylation is 2. The highest BCUT2D eigenvalue weighted by molar-refractivity contribution is 5.95. The SMILES string of the molecule is O=C(O)C1CCCCC1C(=O)Nc1ccc2c(c1)CCCC2. The van der Waals surface area contributed by atoms with E-state index in [9.17, 15) is 14.7 Å². The van der Waals surface area contributed by atoms with Crippen LogP contribution < -0.4 is 5.32 Å². The lowest BCUT2D eigenvalue weighted by atomic mass is 9.78. The molecule has 0 spiro atoms. The van der Waals surface area contributed by atoms with E-state index in [4.69, 9.17) is 0 Å². The Kier molecular flexibility index (Phi) is 4.46. The zero-order chi connectivity index (χ0) is 15.5. The summed E-state index contributed by atoms with van der Waals surface area (Å²) in [6.45, 7) is 0. The van der Waals surface area contributed by atoms with E-state index in [0.717, 1.165) is 31.4 Å². The van der Waals surface area contributed by atoms with Gasteiger partial charge in [0.1, 0.15) is 0 Å². The van der Waals surface area contributed by atoms with E-state index in [0.29, 0.717) is 12.8 Å². The number of hydrogen-bond acceptors (Lipinski definition) is 2. The fraction of sp³-hybridized carbons (Fsp3) is 0.556. The number of carboxylic acid groups (broad SMARTS) is 1. The van der Waals surface area contributed by atoms with E-state index in [1.165, 1.54) is 24.0 Å². The topological polar surface area (TPSA) is 66.4 Å². The van der Waals surface area contributed by atoms with Crippen LogP contribution >= 0.6 is 0 Å². The van der Waals surface area contributed by atoms with Crippen molar-refractivity contribution in [3.63, 3.8) is 0 Å². The standard InChI is InChI=1S/C18H23NO3/c20-17(15-7-3-4-8-16(15)18(21)22)19-14-10-9-12-5-1-2-6-13(12)11-14/h9-11,15-16H,1-8H2,(H,19,20)(H,21,22). The van der Waals surface area contributed by atoms with Crippen LogP contribution in [0.3, 0.4) is 0 Å². The van der Waals surface area contributed by atoms with Gasteiger partial charge in [-0.1, -0.05) is 18.9 Å². The predicted molar refractivity (Wildman–Crippen MR) is 84.8 cm³/mol. The number of amides is 1. The molecule has 1 aromatic carbocycles. The minimum absolute atomic E-state index is 0.136. The maximum atomic E-state index is 12.5. The summed E-state index contributed by atoms with van der Waals surface area (Å²) in [5.74, 6) is -1.91. The number of anilines is 1. The van der Waals surface area contributed by atoms with Crippen molar-refractivity contribution in [1.29, 1.82) is 0 Å². The van der Waals surface area contributed by atoms with E-state index in [-0.39, 0.29) is 5.91 Å². The maximum Gasteiger partial charge on any atom is 0.307 e. The summed E-state index contributed by atoms with van der Waals surface area (Å²) >= 11 is 0. The van der Waals surface area contributed by atoms with Gasteiger partial charge in [0.15, 0.2) is 0 Å². The lowest BCUT2D eigenvalue weighted by Crippen LogP contribution is -2.36. The summed E-state index contributed by atoms with van der Waals surface area (Å²) in [5, 5.41) is 12.2. The van der Waals surface area contributed by atoms with Crippen LogP contribution in [-0.2, 0) is 22.4 Å². The highest BCUT2D eigenvalue weighted by Gasteiger charge is 2.35. The summed E-state index contributed by atoms with van der Waals surface area (Å²) in [5.41, 5.74) is 3.51. The van der Waals surface area contributed by atoms with Crippen molar-refractivity contribution in [2.24, 2.45) is 11.8 Å². The van der Waals surface area contributed by atoms with Crippen molar-refractivity contribution < 1.29 is 14.7 Å².